The van der Waals surface area contributed by atoms with Gasteiger partial charge in [0.05, 0.1) is 6.54 Å². The molecule has 0 spiro atoms. The molecule has 0 fully saturated rings. The molecule has 0 saturated heterocycles. The van der Waals surface area contributed by atoms with Crippen LogP contribution in [0.5, 0.6) is 0 Å². The summed E-state index contributed by atoms with van der Waals surface area (Å²) in [6.45, 7) is 10.6. The van der Waals surface area contributed by atoms with E-state index in [4.69, 9.17) is 0 Å². The molecule has 6 nitrogen and oxygen atoms in total. The van der Waals surface area contributed by atoms with Crippen LogP contribution < -0.4 is 10.6 Å². The van der Waals surface area contributed by atoms with Crippen LogP contribution >= 0.6 is 0 Å². The summed E-state index contributed by atoms with van der Waals surface area (Å²) >= 11 is 0. The standard InChI is InChI=1S/C20H29F2N3O3/c1-7-25(11-15(26)24-20(4,5)6)19(28)17(12(2)3)23-18(27)16-13(21)9-8-10-14(16)22/h8-10,12,17H,7,11H2,1-6H3,(H,23,27)(H,24,26). The molecule has 0 aromatic heterocycles. The van der Waals surface area contributed by atoms with E-state index in [2.05, 4.69) is 10.6 Å². The predicted molar refractivity (Wildman–Crippen MR) is 103 cm³/mol. The molecule has 0 aliphatic heterocycles. The zero-order valence-electron chi connectivity index (χ0n) is 17.2. The summed E-state index contributed by atoms with van der Waals surface area (Å²) in [6.07, 6.45) is 0. The van der Waals surface area contributed by atoms with Crippen LogP contribution in [0.3, 0.4) is 0 Å². The largest absolute Gasteiger partial charge is 0.350 e. The lowest BCUT2D eigenvalue weighted by Crippen LogP contribution is -2.54. The number of carbonyl (C=O) groups is 3. The fourth-order valence-electron chi connectivity index (χ4n) is 2.62. The topological polar surface area (TPSA) is 78.5 Å². The van der Waals surface area contributed by atoms with Crippen molar-refractivity contribution in [2.45, 2.75) is 53.1 Å². The Bertz CT molecular complexity index is 710. The second-order valence-electron chi connectivity index (χ2n) is 7.94. The van der Waals surface area contributed by atoms with E-state index in [1.165, 1.54) is 4.90 Å². The van der Waals surface area contributed by atoms with Crippen molar-refractivity contribution in [3.05, 3.63) is 35.4 Å². The van der Waals surface area contributed by atoms with Gasteiger partial charge in [0.25, 0.3) is 5.91 Å². The van der Waals surface area contributed by atoms with E-state index in [1.54, 1.807) is 20.8 Å². The summed E-state index contributed by atoms with van der Waals surface area (Å²) < 4.78 is 27.7. The molecule has 8 heteroatoms. The van der Waals surface area contributed by atoms with Crippen LogP contribution in [0.15, 0.2) is 18.2 Å². The van der Waals surface area contributed by atoms with Gasteiger partial charge in [-0.2, -0.15) is 0 Å². The first kappa shape index (κ1) is 23.5. The minimum atomic E-state index is -1.03. The molecule has 1 aromatic carbocycles. The Labute approximate surface area is 164 Å². The van der Waals surface area contributed by atoms with Crippen LogP contribution in [-0.4, -0.2) is 47.3 Å². The summed E-state index contributed by atoms with van der Waals surface area (Å²) in [6, 6.07) is 2.06. The van der Waals surface area contributed by atoms with Crippen molar-refractivity contribution < 1.29 is 23.2 Å². The highest BCUT2D eigenvalue weighted by Crippen LogP contribution is 2.14. The zero-order chi connectivity index (χ0) is 21.6. The highest BCUT2D eigenvalue weighted by Gasteiger charge is 2.31. The highest BCUT2D eigenvalue weighted by atomic mass is 19.1. The highest BCUT2D eigenvalue weighted by molar-refractivity contribution is 5.98. The van der Waals surface area contributed by atoms with Crippen molar-refractivity contribution in [3.8, 4) is 0 Å². The normalized spacial score (nSPS) is 12.5. The Hall–Kier alpha value is -2.51. The molecule has 1 aromatic rings. The number of hydrogen-bond acceptors (Lipinski definition) is 3. The van der Waals surface area contributed by atoms with Crippen molar-refractivity contribution in [3.63, 3.8) is 0 Å². The third kappa shape index (κ3) is 6.58. The molecule has 1 atom stereocenters. The quantitative estimate of drug-likeness (QED) is 0.742. The molecule has 0 radical (unpaired) electrons. The van der Waals surface area contributed by atoms with Gasteiger partial charge in [0, 0.05) is 12.1 Å². The SMILES string of the molecule is CCN(CC(=O)NC(C)(C)C)C(=O)C(NC(=O)c1c(F)cccc1F)C(C)C. The van der Waals surface area contributed by atoms with Crippen molar-refractivity contribution in [2.75, 3.05) is 13.1 Å². The van der Waals surface area contributed by atoms with E-state index in [0.717, 1.165) is 18.2 Å². The van der Waals surface area contributed by atoms with E-state index in [1.807, 2.05) is 20.8 Å². The van der Waals surface area contributed by atoms with Crippen LogP contribution in [0.2, 0.25) is 0 Å². The third-order valence-electron chi connectivity index (χ3n) is 3.95. The van der Waals surface area contributed by atoms with E-state index in [0.29, 0.717) is 0 Å². The molecule has 0 aliphatic carbocycles. The molecule has 1 rings (SSSR count). The molecule has 28 heavy (non-hydrogen) atoms. The molecule has 1 unspecified atom stereocenters. The first-order valence-corrected chi connectivity index (χ1v) is 9.22. The summed E-state index contributed by atoms with van der Waals surface area (Å²) in [5.74, 6) is -4.22. The van der Waals surface area contributed by atoms with E-state index < -0.39 is 40.6 Å². The fourth-order valence-corrected chi connectivity index (χ4v) is 2.62. The maximum Gasteiger partial charge on any atom is 0.257 e. The molecule has 0 heterocycles. The zero-order valence-corrected chi connectivity index (χ0v) is 17.2. The Kier molecular flexibility index (Phi) is 8.08. The van der Waals surface area contributed by atoms with Crippen molar-refractivity contribution >= 4 is 17.7 Å². The number of nitrogens with zero attached hydrogens (tertiary/aromatic N) is 1. The number of likely N-dealkylation sites (N-methyl/N-ethyl adjacent to an activating group) is 1. The Morgan fingerprint density at radius 2 is 1.64 bits per heavy atom. The summed E-state index contributed by atoms with van der Waals surface area (Å²) in [7, 11) is 0. The van der Waals surface area contributed by atoms with Crippen LogP contribution in [0.4, 0.5) is 8.78 Å². The number of amides is 3. The van der Waals surface area contributed by atoms with Gasteiger partial charge >= 0.3 is 0 Å². The molecule has 0 saturated carbocycles. The maximum atomic E-state index is 13.9. The smallest absolute Gasteiger partial charge is 0.257 e. The average Bonchev–Trinajstić information content (AvgIpc) is 2.55. The Morgan fingerprint density at radius 1 is 1.11 bits per heavy atom. The van der Waals surface area contributed by atoms with Gasteiger partial charge in [-0.05, 0) is 45.7 Å². The number of rotatable bonds is 7. The summed E-state index contributed by atoms with van der Waals surface area (Å²) in [5.41, 5.74) is -1.19. The Balaban J connectivity index is 2.98. The summed E-state index contributed by atoms with van der Waals surface area (Å²) in [4.78, 5) is 38.7. The van der Waals surface area contributed by atoms with Gasteiger partial charge in [-0.15, -0.1) is 0 Å². The van der Waals surface area contributed by atoms with Gasteiger partial charge in [-0.25, -0.2) is 8.78 Å². The van der Waals surface area contributed by atoms with Crippen molar-refractivity contribution in [1.29, 1.82) is 0 Å². The maximum absolute atomic E-state index is 13.9. The third-order valence-corrected chi connectivity index (χ3v) is 3.95. The Morgan fingerprint density at radius 3 is 2.07 bits per heavy atom. The van der Waals surface area contributed by atoms with Crippen LogP contribution in [0.25, 0.3) is 0 Å². The van der Waals surface area contributed by atoms with Crippen LogP contribution in [0, 0.1) is 17.6 Å². The lowest BCUT2D eigenvalue weighted by molar-refractivity contribution is -0.138. The van der Waals surface area contributed by atoms with Crippen molar-refractivity contribution in [2.24, 2.45) is 5.92 Å². The van der Waals surface area contributed by atoms with Crippen LogP contribution in [-0.2, 0) is 9.59 Å². The van der Waals surface area contributed by atoms with Gasteiger partial charge in [-0.3, -0.25) is 14.4 Å². The second-order valence-corrected chi connectivity index (χ2v) is 7.94. The number of halogens is 2. The van der Waals surface area contributed by atoms with Gasteiger partial charge in [-0.1, -0.05) is 19.9 Å². The minimum absolute atomic E-state index is 0.181. The van der Waals surface area contributed by atoms with Crippen molar-refractivity contribution in [1.82, 2.24) is 15.5 Å². The molecule has 156 valence electrons. The molecule has 2 N–H and O–H groups in total. The number of hydrogen-bond donors (Lipinski definition) is 2. The minimum Gasteiger partial charge on any atom is -0.350 e. The van der Waals surface area contributed by atoms with Gasteiger partial charge in [0.15, 0.2) is 0 Å². The van der Waals surface area contributed by atoms with Gasteiger partial charge in [0.2, 0.25) is 11.8 Å². The number of carbonyl (C=O) groups excluding carboxylic acids is 3. The molecular weight excluding hydrogens is 368 g/mol. The lowest BCUT2D eigenvalue weighted by atomic mass is 10.0. The first-order valence-electron chi connectivity index (χ1n) is 9.22. The van der Waals surface area contributed by atoms with E-state index in [9.17, 15) is 23.2 Å². The lowest BCUT2D eigenvalue weighted by Gasteiger charge is -2.30. The molecular formula is C20H29F2N3O3. The number of benzene rings is 1. The molecule has 3 amide bonds. The number of nitrogens with one attached hydrogen (secondary N) is 2. The first-order chi connectivity index (χ1) is 12.9. The van der Waals surface area contributed by atoms with Gasteiger partial charge in [0.1, 0.15) is 23.2 Å². The monoisotopic (exact) mass is 397 g/mol. The van der Waals surface area contributed by atoms with E-state index >= 15 is 0 Å². The average molecular weight is 397 g/mol. The van der Waals surface area contributed by atoms with E-state index in [-0.39, 0.29) is 24.9 Å². The second kappa shape index (κ2) is 9.61. The predicted octanol–water partition coefficient (Wildman–Crippen LogP) is 2.48. The molecule has 0 aliphatic rings. The summed E-state index contributed by atoms with van der Waals surface area (Å²) in [5, 5.41) is 5.18. The van der Waals surface area contributed by atoms with Gasteiger partial charge < -0.3 is 15.5 Å². The van der Waals surface area contributed by atoms with Crippen LogP contribution in [0.1, 0.15) is 51.9 Å². The fraction of sp³-hybridized carbons (Fsp3) is 0.550. The molecule has 0 bridgehead atoms.